The smallest absolute Gasteiger partial charge is 0.329 e. The molecule has 3 atom stereocenters. The lowest BCUT2D eigenvalue weighted by molar-refractivity contribution is -0.154. The predicted octanol–water partition coefficient (Wildman–Crippen LogP) is 3.80. The normalized spacial score (nSPS) is 16.9. The largest absolute Gasteiger partial charge is 0.507 e. The molecule has 1 aromatic rings. The zero-order valence-electron chi connectivity index (χ0n) is 20.0. The molecule has 0 bridgehead atoms. The third kappa shape index (κ3) is 8.48. The first-order chi connectivity index (χ1) is 16.3. The summed E-state index contributed by atoms with van der Waals surface area (Å²) in [6, 6.07) is 5.51. The van der Waals surface area contributed by atoms with Crippen LogP contribution in [0.5, 0.6) is 5.75 Å². The van der Waals surface area contributed by atoms with Gasteiger partial charge in [-0.15, -0.1) is 0 Å². The van der Waals surface area contributed by atoms with Gasteiger partial charge >= 0.3 is 5.97 Å². The zero-order valence-corrected chi connectivity index (χ0v) is 20.0. The van der Waals surface area contributed by atoms with Crippen LogP contribution in [0.2, 0.25) is 0 Å². The fourth-order valence-electron chi connectivity index (χ4n) is 4.07. The molecule has 8 nitrogen and oxygen atoms in total. The number of hydrogen-bond donors (Lipinski definition) is 3. The summed E-state index contributed by atoms with van der Waals surface area (Å²) in [4.78, 5) is 38.2. The van der Waals surface area contributed by atoms with E-state index in [1.165, 1.54) is 17.0 Å². The van der Waals surface area contributed by atoms with Crippen LogP contribution in [0.3, 0.4) is 0 Å². The molecule has 8 heteroatoms. The van der Waals surface area contributed by atoms with Crippen molar-refractivity contribution >= 4 is 17.8 Å². The van der Waals surface area contributed by atoms with Gasteiger partial charge in [0.1, 0.15) is 24.0 Å². The Hall–Kier alpha value is -2.87. The highest BCUT2D eigenvalue weighted by Crippen LogP contribution is 2.25. The number of rotatable bonds is 15. The van der Waals surface area contributed by atoms with Crippen molar-refractivity contribution in [3.8, 4) is 5.75 Å². The van der Waals surface area contributed by atoms with E-state index in [0.29, 0.717) is 25.7 Å². The Morgan fingerprint density at radius 2 is 1.71 bits per heavy atom. The lowest BCUT2D eigenvalue weighted by Crippen LogP contribution is -2.41. The number of amides is 2. The lowest BCUT2D eigenvalue weighted by Gasteiger charge is -2.26. The summed E-state index contributed by atoms with van der Waals surface area (Å²) < 4.78 is 5.87. The number of esters is 1. The van der Waals surface area contributed by atoms with Gasteiger partial charge in [0.2, 0.25) is 5.91 Å². The standard InChI is InChI=1S/C26H38N2O6/c1-2-3-4-6-12-19(13-7-5-8-17-23(30)24(27)31)34-26(33)21-15-11-18-28(21)25(32)20-14-9-10-16-22(20)29/h9-11,14,16,18-19,21,23,29-30H,2-8,12-13,15,17H2,1H3,(H2,27,31)/t19-,21-,23+/m0/s1. The molecule has 0 unspecified atom stereocenters. The minimum absolute atomic E-state index is 0.129. The van der Waals surface area contributed by atoms with E-state index in [1.54, 1.807) is 24.4 Å². The number of nitrogens with two attached hydrogens (primary N) is 1. The number of carbonyl (C=O) groups is 3. The Morgan fingerprint density at radius 1 is 1.06 bits per heavy atom. The number of phenolic OH excluding ortho intramolecular Hbond substituents is 1. The molecule has 1 heterocycles. The quantitative estimate of drug-likeness (QED) is 0.262. The van der Waals surface area contributed by atoms with Crippen LogP contribution in [0.4, 0.5) is 0 Å². The van der Waals surface area contributed by atoms with Gasteiger partial charge in [-0.25, -0.2) is 4.79 Å². The molecule has 188 valence electrons. The van der Waals surface area contributed by atoms with Gasteiger partial charge in [-0.1, -0.05) is 57.2 Å². The molecular formula is C26H38N2O6. The van der Waals surface area contributed by atoms with Crippen molar-refractivity contribution in [2.75, 3.05) is 0 Å². The van der Waals surface area contributed by atoms with Gasteiger partial charge in [-0.2, -0.15) is 0 Å². The number of hydrogen-bond acceptors (Lipinski definition) is 6. The Kier molecular flexibility index (Phi) is 11.6. The average molecular weight is 475 g/mol. The molecular weight excluding hydrogens is 436 g/mol. The fraction of sp³-hybridized carbons (Fsp3) is 0.577. The maximum atomic E-state index is 13.0. The fourth-order valence-corrected chi connectivity index (χ4v) is 4.07. The number of benzene rings is 1. The van der Waals surface area contributed by atoms with Gasteiger partial charge in [-0.05, 0) is 50.7 Å². The maximum Gasteiger partial charge on any atom is 0.329 e. The van der Waals surface area contributed by atoms with Gasteiger partial charge in [0.15, 0.2) is 0 Å². The Labute approximate surface area is 201 Å². The number of aliphatic hydroxyl groups is 1. The Bertz CT molecular complexity index is 840. The number of nitrogens with zero attached hydrogens (tertiary/aromatic N) is 1. The number of para-hydroxylation sites is 1. The third-order valence-electron chi connectivity index (χ3n) is 6.10. The van der Waals surface area contributed by atoms with E-state index in [2.05, 4.69) is 6.92 Å². The van der Waals surface area contributed by atoms with Crippen molar-refractivity contribution < 1.29 is 29.3 Å². The summed E-state index contributed by atoms with van der Waals surface area (Å²) in [5.41, 5.74) is 5.22. The molecule has 2 rings (SSSR count). The van der Waals surface area contributed by atoms with Crippen LogP contribution < -0.4 is 5.73 Å². The van der Waals surface area contributed by atoms with Gasteiger partial charge in [-0.3, -0.25) is 9.59 Å². The van der Waals surface area contributed by atoms with Crippen LogP contribution in [-0.4, -0.2) is 51.1 Å². The van der Waals surface area contributed by atoms with E-state index in [9.17, 15) is 24.6 Å². The highest BCUT2D eigenvalue weighted by Gasteiger charge is 2.34. The van der Waals surface area contributed by atoms with Crippen LogP contribution >= 0.6 is 0 Å². The number of ether oxygens (including phenoxy) is 1. The molecule has 1 aliphatic rings. The summed E-state index contributed by atoms with van der Waals surface area (Å²) in [5, 5.41) is 19.5. The number of aliphatic hydroxyl groups excluding tert-OH is 1. The van der Waals surface area contributed by atoms with E-state index in [1.807, 2.05) is 0 Å². The Balaban J connectivity index is 1.93. The van der Waals surface area contributed by atoms with Gasteiger partial charge in [0.25, 0.3) is 5.91 Å². The molecule has 0 radical (unpaired) electrons. The highest BCUT2D eigenvalue weighted by molar-refractivity contribution is 6.00. The number of primary amides is 1. The summed E-state index contributed by atoms with van der Waals surface area (Å²) in [6.07, 6.45) is 10.6. The maximum absolute atomic E-state index is 13.0. The number of unbranched alkanes of at least 4 members (excludes halogenated alkanes) is 5. The van der Waals surface area contributed by atoms with Crippen molar-refractivity contribution in [3.63, 3.8) is 0 Å². The van der Waals surface area contributed by atoms with E-state index in [-0.39, 0.29) is 17.4 Å². The van der Waals surface area contributed by atoms with Crippen molar-refractivity contribution in [2.24, 2.45) is 5.73 Å². The van der Waals surface area contributed by atoms with Crippen LogP contribution in [0.1, 0.15) is 87.9 Å². The first kappa shape index (κ1) is 27.4. The minimum atomic E-state index is -1.12. The van der Waals surface area contributed by atoms with E-state index >= 15 is 0 Å². The first-order valence-electron chi connectivity index (χ1n) is 12.3. The topological polar surface area (TPSA) is 130 Å². The summed E-state index contributed by atoms with van der Waals surface area (Å²) >= 11 is 0. The molecule has 1 aromatic carbocycles. The van der Waals surface area contributed by atoms with Crippen molar-refractivity contribution in [2.45, 2.75) is 95.8 Å². The molecule has 4 N–H and O–H groups in total. The number of phenols is 1. The predicted molar refractivity (Wildman–Crippen MR) is 129 cm³/mol. The van der Waals surface area contributed by atoms with Crippen molar-refractivity contribution in [1.29, 1.82) is 0 Å². The van der Waals surface area contributed by atoms with Gasteiger partial charge < -0.3 is 25.6 Å². The second-order valence-electron chi connectivity index (χ2n) is 8.83. The van der Waals surface area contributed by atoms with Crippen molar-refractivity contribution in [1.82, 2.24) is 4.90 Å². The molecule has 0 saturated carbocycles. The highest BCUT2D eigenvalue weighted by atomic mass is 16.5. The first-order valence-corrected chi connectivity index (χ1v) is 12.3. The van der Waals surface area contributed by atoms with E-state index in [4.69, 9.17) is 10.5 Å². The molecule has 0 aliphatic carbocycles. The monoisotopic (exact) mass is 474 g/mol. The summed E-state index contributed by atoms with van der Waals surface area (Å²) in [6.45, 7) is 2.14. The summed E-state index contributed by atoms with van der Waals surface area (Å²) in [7, 11) is 0. The van der Waals surface area contributed by atoms with Crippen LogP contribution in [0.15, 0.2) is 36.5 Å². The van der Waals surface area contributed by atoms with Crippen molar-refractivity contribution in [3.05, 3.63) is 42.1 Å². The molecule has 0 fully saturated rings. The SMILES string of the molecule is CCCCCC[C@@H](CCCCC[C@@H](O)C(N)=O)OC(=O)[C@@H]1CC=CN1C(=O)c1ccccc1O. The molecule has 0 spiro atoms. The molecule has 34 heavy (non-hydrogen) atoms. The van der Waals surface area contributed by atoms with Gasteiger partial charge in [0, 0.05) is 6.20 Å². The van der Waals surface area contributed by atoms with E-state index < -0.39 is 29.9 Å². The molecule has 0 aromatic heterocycles. The van der Waals surface area contributed by atoms with Crippen LogP contribution in [0.25, 0.3) is 0 Å². The average Bonchev–Trinajstić information content (AvgIpc) is 3.31. The minimum Gasteiger partial charge on any atom is -0.507 e. The second-order valence-corrected chi connectivity index (χ2v) is 8.83. The molecule has 2 amide bonds. The zero-order chi connectivity index (χ0) is 24.9. The lowest BCUT2D eigenvalue weighted by atomic mass is 10.0. The van der Waals surface area contributed by atoms with Gasteiger partial charge in [0.05, 0.1) is 5.56 Å². The van der Waals surface area contributed by atoms with E-state index in [0.717, 1.165) is 44.9 Å². The van der Waals surface area contributed by atoms with Crippen LogP contribution in [-0.2, 0) is 14.3 Å². The third-order valence-corrected chi connectivity index (χ3v) is 6.10. The molecule has 1 aliphatic heterocycles. The Morgan fingerprint density at radius 3 is 2.35 bits per heavy atom. The number of carbonyl (C=O) groups excluding carboxylic acids is 3. The molecule has 0 saturated heterocycles. The number of aromatic hydroxyl groups is 1. The summed E-state index contributed by atoms with van der Waals surface area (Å²) in [5.74, 6) is -1.73. The van der Waals surface area contributed by atoms with Crippen LogP contribution in [0, 0.1) is 0 Å². The second kappa shape index (κ2) is 14.4.